The van der Waals surface area contributed by atoms with Crippen LogP contribution in [0.3, 0.4) is 0 Å². The second-order valence-electron chi connectivity index (χ2n) is 7.81. The molecule has 144 valence electrons. The molecular formula is C20H30N2O4. The molecule has 1 aliphatic heterocycles. The van der Waals surface area contributed by atoms with E-state index in [1.807, 2.05) is 6.20 Å². The first kappa shape index (κ1) is 19.3. The van der Waals surface area contributed by atoms with Crippen molar-refractivity contribution < 1.29 is 19.0 Å². The van der Waals surface area contributed by atoms with E-state index in [4.69, 9.17) is 14.2 Å². The molecule has 1 saturated carbocycles. The number of amides is 1. The lowest BCUT2D eigenvalue weighted by molar-refractivity contribution is -0.235. The van der Waals surface area contributed by atoms with Crippen LogP contribution in [-0.4, -0.2) is 55.2 Å². The number of aromatic nitrogens is 1. The van der Waals surface area contributed by atoms with Crippen LogP contribution < -0.4 is 0 Å². The lowest BCUT2D eigenvalue weighted by Crippen LogP contribution is -2.76. The van der Waals surface area contributed by atoms with Gasteiger partial charge in [0.15, 0.2) is 5.60 Å². The molecule has 2 fully saturated rings. The van der Waals surface area contributed by atoms with Crippen molar-refractivity contribution in [3.05, 3.63) is 29.6 Å². The largest absolute Gasteiger partial charge is 0.364 e. The molecule has 1 aliphatic carbocycles. The Morgan fingerprint density at radius 2 is 2.08 bits per heavy atom. The minimum absolute atomic E-state index is 0.0410. The first-order valence-electron chi connectivity index (χ1n) is 9.39. The quantitative estimate of drug-likeness (QED) is 0.473. The third-order valence-electron chi connectivity index (χ3n) is 5.27. The number of methoxy groups -OCH3 is 2. The highest BCUT2D eigenvalue weighted by Gasteiger charge is 2.62. The third-order valence-corrected chi connectivity index (χ3v) is 5.27. The van der Waals surface area contributed by atoms with Crippen LogP contribution in [0.15, 0.2) is 18.3 Å². The van der Waals surface area contributed by atoms with Gasteiger partial charge in [0, 0.05) is 32.5 Å². The molecule has 1 saturated heterocycles. The topological polar surface area (TPSA) is 60.9 Å². The Hall–Kier alpha value is -1.50. The maximum atomic E-state index is 13.0. The van der Waals surface area contributed by atoms with Crippen LogP contribution in [0.1, 0.15) is 50.3 Å². The van der Waals surface area contributed by atoms with Gasteiger partial charge in [0.05, 0.1) is 6.04 Å². The molecule has 0 spiro atoms. The van der Waals surface area contributed by atoms with Crippen molar-refractivity contribution in [1.29, 1.82) is 0 Å². The summed E-state index contributed by atoms with van der Waals surface area (Å²) in [6.07, 6.45) is 5.64. The monoisotopic (exact) mass is 362 g/mol. The number of ether oxygens (including phenoxy) is 3. The van der Waals surface area contributed by atoms with E-state index in [2.05, 4.69) is 31.0 Å². The van der Waals surface area contributed by atoms with Crippen LogP contribution >= 0.6 is 0 Å². The molecule has 0 bridgehead atoms. The van der Waals surface area contributed by atoms with Gasteiger partial charge in [-0.3, -0.25) is 9.78 Å². The van der Waals surface area contributed by atoms with Gasteiger partial charge in [0.1, 0.15) is 13.5 Å². The number of likely N-dealkylation sites (tertiary alicyclic amines) is 1. The average Bonchev–Trinajstić information content (AvgIpc) is 3.47. The van der Waals surface area contributed by atoms with E-state index in [0.29, 0.717) is 18.3 Å². The Morgan fingerprint density at radius 3 is 2.69 bits per heavy atom. The average molecular weight is 362 g/mol. The minimum Gasteiger partial charge on any atom is -0.364 e. The molecule has 0 aromatic carbocycles. The van der Waals surface area contributed by atoms with Gasteiger partial charge < -0.3 is 19.1 Å². The highest BCUT2D eigenvalue weighted by molar-refractivity contribution is 5.93. The standard InChI is InChI=1S/C20H30N2O4/c1-14(2)9-18-20(26-13-25-4,19(23)22(18)12-24-3)11-17-10-16(7-8-21-17)15-5-6-15/h7-8,10,14-15,18H,5-6,9,11-13H2,1-4H3/t18-,20+/m0/s1. The summed E-state index contributed by atoms with van der Waals surface area (Å²) in [5.74, 6) is 1.05. The minimum atomic E-state index is -0.923. The summed E-state index contributed by atoms with van der Waals surface area (Å²) < 4.78 is 16.4. The van der Waals surface area contributed by atoms with Crippen LogP contribution in [0.5, 0.6) is 0 Å². The second-order valence-corrected chi connectivity index (χ2v) is 7.81. The molecule has 3 rings (SSSR count). The molecule has 26 heavy (non-hydrogen) atoms. The number of hydrogen-bond donors (Lipinski definition) is 0. The highest BCUT2D eigenvalue weighted by Crippen LogP contribution is 2.42. The lowest BCUT2D eigenvalue weighted by atomic mass is 9.74. The van der Waals surface area contributed by atoms with Crippen LogP contribution in [-0.2, 0) is 25.4 Å². The summed E-state index contributed by atoms with van der Waals surface area (Å²) in [6.45, 7) is 4.68. The molecule has 6 heteroatoms. The van der Waals surface area contributed by atoms with Crippen LogP contribution in [0.25, 0.3) is 0 Å². The Kier molecular flexibility index (Phi) is 5.95. The molecule has 2 heterocycles. The molecule has 2 atom stereocenters. The SMILES string of the molecule is COCO[C@@]1(Cc2cc(C3CC3)ccn2)C(=O)N(COC)[C@H]1CC(C)C. The normalized spacial score (nSPS) is 25.7. The molecule has 0 N–H and O–H groups in total. The van der Waals surface area contributed by atoms with E-state index in [-0.39, 0.29) is 25.5 Å². The zero-order valence-corrected chi connectivity index (χ0v) is 16.2. The molecule has 2 aliphatic rings. The molecule has 1 aromatic rings. The van der Waals surface area contributed by atoms with Gasteiger partial charge in [0.25, 0.3) is 5.91 Å². The fraction of sp³-hybridized carbons (Fsp3) is 0.700. The maximum absolute atomic E-state index is 13.0. The molecule has 6 nitrogen and oxygen atoms in total. The Bertz CT molecular complexity index is 632. The summed E-state index contributed by atoms with van der Waals surface area (Å²) >= 11 is 0. The number of pyridine rings is 1. The van der Waals surface area contributed by atoms with E-state index in [9.17, 15) is 4.79 Å². The third kappa shape index (κ3) is 3.77. The van der Waals surface area contributed by atoms with Crippen molar-refractivity contribution in [1.82, 2.24) is 9.88 Å². The summed E-state index contributed by atoms with van der Waals surface area (Å²) in [6, 6.07) is 4.17. The smallest absolute Gasteiger partial charge is 0.259 e. The Morgan fingerprint density at radius 1 is 1.31 bits per heavy atom. The Balaban J connectivity index is 1.86. The first-order chi connectivity index (χ1) is 12.5. The van der Waals surface area contributed by atoms with Crippen molar-refractivity contribution in [3.8, 4) is 0 Å². The van der Waals surface area contributed by atoms with E-state index in [1.54, 1.807) is 19.1 Å². The maximum Gasteiger partial charge on any atom is 0.259 e. The summed E-state index contributed by atoms with van der Waals surface area (Å²) in [5.41, 5.74) is 1.30. The van der Waals surface area contributed by atoms with Gasteiger partial charge in [-0.25, -0.2) is 0 Å². The Labute approximate surface area is 155 Å². The fourth-order valence-electron chi connectivity index (χ4n) is 3.86. The predicted octanol–water partition coefficient (Wildman–Crippen LogP) is 2.72. The van der Waals surface area contributed by atoms with Gasteiger partial charge in [0.2, 0.25) is 0 Å². The number of nitrogens with zero attached hydrogens (tertiary/aromatic N) is 2. The number of rotatable bonds is 10. The number of hydrogen-bond acceptors (Lipinski definition) is 5. The fourth-order valence-corrected chi connectivity index (χ4v) is 3.86. The van der Waals surface area contributed by atoms with Gasteiger partial charge in [-0.2, -0.15) is 0 Å². The van der Waals surface area contributed by atoms with Crippen molar-refractivity contribution in [2.45, 2.75) is 57.1 Å². The number of carbonyl (C=O) groups is 1. The van der Waals surface area contributed by atoms with E-state index in [1.165, 1.54) is 18.4 Å². The molecule has 1 aromatic heterocycles. The number of β-lactam (4-membered cyclic amide) rings is 1. The molecular weight excluding hydrogens is 332 g/mol. The molecule has 0 unspecified atom stereocenters. The van der Waals surface area contributed by atoms with Gasteiger partial charge in [-0.05, 0) is 48.8 Å². The van der Waals surface area contributed by atoms with E-state index < -0.39 is 5.60 Å². The van der Waals surface area contributed by atoms with Gasteiger partial charge >= 0.3 is 0 Å². The predicted molar refractivity (Wildman–Crippen MR) is 97.6 cm³/mol. The summed E-state index contributed by atoms with van der Waals surface area (Å²) in [5, 5.41) is 0. The number of carbonyl (C=O) groups excluding carboxylic acids is 1. The summed E-state index contributed by atoms with van der Waals surface area (Å²) in [7, 11) is 3.18. The lowest BCUT2D eigenvalue weighted by Gasteiger charge is -2.55. The van der Waals surface area contributed by atoms with Crippen molar-refractivity contribution in [2.24, 2.45) is 5.92 Å². The van der Waals surface area contributed by atoms with E-state index >= 15 is 0 Å². The van der Waals surface area contributed by atoms with Crippen LogP contribution in [0.4, 0.5) is 0 Å². The zero-order valence-electron chi connectivity index (χ0n) is 16.2. The van der Waals surface area contributed by atoms with Gasteiger partial charge in [-0.15, -0.1) is 0 Å². The van der Waals surface area contributed by atoms with Crippen molar-refractivity contribution >= 4 is 5.91 Å². The van der Waals surface area contributed by atoms with Crippen LogP contribution in [0, 0.1) is 5.92 Å². The summed E-state index contributed by atoms with van der Waals surface area (Å²) in [4.78, 5) is 19.3. The van der Waals surface area contributed by atoms with E-state index in [0.717, 1.165) is 12.1 Å². The van der Waals surface area contributed by atoms with Gasteiger partial charge in [-0.1, -0.05) is 13.8 Å². The molecule has 0 radical (unpaired) electrons. The second kappa shape index (κ2) is 8.03. The van der Waals surface area contributed by atoms with Crippen molar-refractivity contribution in [2.75, 3.05) is 27.7 Å². The van der Waals surface area contributed by atoms with Crippen LogP contribution in [0.2, 0.25) is 0 Å². The van der Waals surface area contributed by atoms with Crippen molar-refractivity contribution in [3.63, 3.8) is 0 Å². The zero-order chi connectivity index (χ0) is 18.7. The highest BCUT2D eigenvalue weighted by atomic mass is 16.7. The first-order valence-corrected chi connectivity index (χ1v) is 9.39. The molecule has 1 amide bonds.